The number of aromatic nitrogens is 1. The van der Waals surface area contributed by atoms with Crippen molar-refractivity contribution in [3.63, 3.8) is 0 Å². The highest BCUT2D eigenvalue weighted by Crippen LogP contribution is 2.20. The third-order valence-corrected chi connectivity index (χ3v) is 4.67. The number of ether oxygens (including phenoxy) is 2. The Morgan fingerprint density at radius 2 is 1.83 bits per heavy atom. The van der Waals surface area contributed by atoms with Gasteiger partial charge in [0.25, 0.3) is 0 Å². The topological polar surface area (TPSA) is 52.8 Å². The number of carbonyl (C=O) groups is 1. The van der Waals surface area contributed by atoms with E-state index in [1.807, 2.05) is 60.8 Å². The monoisotopic (exact) mass is 406 g/mol. The molecule has 2 aromatic carbocycles. The SMILES string of the molecule is O=C1OC(c2ccccc2)=N/C1=C/c1cccn1CCCOc1ccc(Cl)cc1. The lowest BCUT2D eigenvalue weighted by molar-refractivity contribution is -0.129. The standard InChI is InChI=1S/C23H19ClN2O3/c24-18-9-11-20(12-10-18)28-15-5-14-26-13-4-8-19(26)16-21-23(27)29-22(25-21)17-6-2-1-3-7-17/h1-4,6-13,16H,5,14-15H2/b21-16+. The molecule has 1 aliphatic heterocycles. The van der Waals surface area contributed by atoms with Crippen LogP contribution in [-0.4, -0.2) is 23.0 Å². The van der Waals surface area contributed by atoms with Crippen LogP contribution in [0.3, 0.4) is 0 Å². The van der Waals surface area contributed by atoms with Gasteiger partial charge >= 0.3 is 5.97 Å². The molecule has 4 rings (SSSR count). The number of hydrogen-bond donors (Lipinski definition) is 0. The van der Waals surface area contributed by atoms with Crippen LogP contribution < -0.4 is 4.74 Å². The van der Waals surface area contributed by atoms with Crippen molar-refractivity contribution in [1.29, 1.82) is 0 Å². The van der Waals surface area contributed by atoms with Crippen molar-refractivity contribution < 1.29 is 14.3 Å². The second-order valence-corrected chi connectivity index (χ2v) is 6.92. The Morgan fingerprint density at radius 1 is 1.03 bits per heavy atom. The van der Waals surface area contributed by atoms with Crippen LogP contribution in [0.2, 0.25) is 5.02 Å². The number of esters is 1. The number of benzene rings is 2. The fourth-order valence-electron chi connectivity index (χ4n) is 2.97. The molecule has 0 unspecified atom stereocenters. The van der Waals surface area contributed by atoms with Crippen LogP contribution in [-0.2, 0) is 16.1 Å². The highest BCUT2D eigenvalue weighted by Gasteiger charge is 2.24. The van der Waals surface area contributed by atoms with E-state index in [1.54, 1.807) is 18.2 Å². The van der Waals surface area contributed by atoms with Crippen molar-refractivity contribution in [1.82, 2.24) is 4.57 Å². The minimum Gasteiger partial charge on any atom is -0.494 e. The smallest absolute Gasteiger partial charge is 0.363 e. The Morgan fingerprint density at radius 3 is 2.62 bits per heavy atom. The molecule has 6 heteroatoms. The molecule has 0 spiro atoms. The highest BCUT2D eigenvalue weighted by molar-refractivity contribution is 6.30. The van der Waals surface area contributed by atoms with E-state index in [0.29, 0.717) is 23.2 Å². The zero-order valence-corrected chi connectivity index (χ0v) is 16.4. The van der Waals surface area contributed by atoms with Crippen LogP contribution >= 0.6 is 11.6 Å². The first-order valence-electron chi connectivity index (χ1n) is 9.30. The summed E-state index contributed by atoms with van der Waals surface area (Å²) in [7, 11) is 0. The molecule has 0 N–H and O–H groups in total. The Balaban J connectivity index is 1.39. The molecule has 0 aliphatic carbocycles. The quantitative estimate of drug-likeness (QED) is 0.317. The molecule has 0 saturated carbocycles. The van der Waals surface area contributed by atoms with Crippen LogP contribution in [0.1, 0.15) is 17.7 Å². The third-order valence-electron chi connectivity index (χ3n) is 4.42. The number of aryl methyl sites for hydroxylation is 1. The molecule has 2 heterocycles. The summed E-state index contributed by atoms with van der Waals surface area (Å²) in [6, 6.07) is 20.6. The molecule has 0 saturated heterocycles. The van der Waals surface area contributed by atoms with Gasteiger partial charge in [-0.3, -0.25) is 0 Å². The van der Waals surface area contributed by atoms with Gasteiger partial charge < -0.3 is 14.0 Å². The second-order valence-electron chi connectivity index (χ2n) is 6.48. The van der Waals surface area contributed by atoms with Gasteiger partial charge in [-0.05, 0) is 61.0 Å². The first-order chi connectivity index (χ1) is 14.2. The van der Waals surface area contributed by atoms with Gasteiger partial charge in [0.2, 0.25) is 5.90 Å². The van der Waals surface area contributed by atoms with Gasteiger partial charge in [-0.25, -0.2) is 9.79 Å². The van der Waals surface area contributed by atoms with Crippen molar-refractivity contribution in [2.75, 3.05) is 6.61 Å². The number of cyclic esters (lactones) is 1. The molecule has 0 fully saturated rings. The van der Waals surface area contributed by atoms with E-state index in [-0.39, 0.29) is 0 Å². The summed E-state index contributed by atoms with van der Waals surface area (Å²) in [6.07, 6.45) is 4.53. The molecule has 0 bridgehead atoms. The van der Waals surface area contributed by atoms with E-state index in [9.17, 15) is 4.79 Å². The number of nitrogens with zero attached hydrogens (tertiary/aromatic N) is 2. The van der Waals surface area contributed by atoms with E-state index in [4.69, 9.17) is 21.1 Å². The summed E-state index contributed by atoms with van der Waals surface area (Å²) in [5, 5.41) is 0.686. The minimum absolute atomic E-state index is 0.293. The van der Waals surface area contributed by atoms with E-state index in [0.717, 1.165) is 30.0 Å². The lowest BCUT2D eigenvalue weighted by Gasteiger charge is -2.08. The molecule has 0 atom stereocenters. The molecule has 1 aliphatic rings. The van der Waals surface area contributed by atoms with Gasteiger partial charge in [0.05, 0.1) is 6.61 Å². The summed E-state index contributed by atoms with van der Waals surface area (Å²) in [5.74, 6) is 0.680. The molecule has 3 aromatic rings. The Labute approximate surface area is 173 Å². The maximum Gasteiger partial charge on any atom is 0.363 e. The molecule has 0 amide bonds. The zero-order valence-electron chi connectivity index (χ0n) is 15.6. The summed E-state index contributed by atoms with van der Waals surface area (Å²) in [6.45, 7) is 1.33. The molecule has 29 heavy (non-hydrogen) atoms. The predicted octanol–water partition coefficient (Wildman–Crippen LogP) is 4.96. The van der Waals surface area contributed by atoms with Gasteiger partial charge in [0, 0.05) is 29.0 Å². The van der Waals surface area contributed by atoms with Crippen LogP contribution in [0, 0.1) is 0 Å². The largest absolute Gasteiger partial charge is 0.494 e. The molecule has 5 nitrogen and oxygen atoms in total. The fourth-order valence-corrected chi connectivity index (χ4v) is 3.10. The maximum atomic E-state index is 12.2. The van der Waals surface area contributed by atoms with Gasteiger partial charge in [-0.2, -0.15) is 0 Å². The number of rotatable bonds is 7. The van der Waals surface area contributed by atoms with Gasteiger partial charge in [0.15, 0.2) is 5.70 Å². The Kier molecular flexibility index (Phi) is 5.77. The van der Waals surface area contributed by atoms with Gasteiger partial charge in [-0.15, -0.1) is 0 Å². The number of hydrogen-bond acceptors (Lipinski definition) is 4. The maximum absolute atomic E-state index is 12.2. The van der Waals surface area contributed by atoms with Gasteiger partial charge in [-0.1, -0.05) is 29.8 Å². The summed E-state index contributed by atoms with van der Waals surface area (Å²) in [5.41, 5.74) is 1.96. The molecule has 146 valence electrons. The average Bonchev–Trinajstić information content (AvgIpc) is 3.34. The lowest BCUT2D eigenvalue weighted by Crippen LogP contribution is -2.06. The van der Waals surface area contributed by atoms with Crippen LogP contribution in [0.4, 0.5) is 0 Å². The Hall–Kier alpha value is -3.31. The van der Waals surface area contributed by atoms with Crippen LogP contribution in [0.5, 0.6) is 5.75 Å². The van der Waals surface area contributed by atoms with Crippen molar-refractivity contribution in [2.24, 2.45) is 4.99 Å². The normalized spacial score (nSPS) is 14.7. The van der Waals surface area contributed by atoms with Gasteiger partial charge in [0.1, 0.15) is 5.75 Å². The summed E-state index contributed by atoms with van der Waals surface area (Å²) >= 11 is 5.88. The minimum atomic E-state index is -0.442. The van der Waals surface area contributed by atoms with Crippen LogP contribution in [0.25, 0.3) is 6.08 Å². The molecular formula is C23H19ClN2O3. The molecule has 0 radical (unpaired) electrons. The van der Waals surface area contributed by atoms with Crippen molar-refractivity contribution >= 4 is 29.5 Å². The Bertz CT molecular complexity index is 1050. The number of carbonyl (C=O) groups excluding carboxylic acids is 1. The lowest BCUT2D eigenvalue weighted by atomic mass is 10.2. The first kappa shape index (κ1) is 19.0. The molecular weight excluding hydrogens is 388 g/mol. The van der Waals surface area contributed by atoms with E-state index >= 15 is 0 Å². The predicted molar refractivity (Wildman–Crippen MR) is 113 cm³/mol. The van der Waals surface area contributed by atoms with Crippen molar-refractivity contribution in [3.05, 3.63) is 94.9 Å². The van der Waals surface area contributed by atoms with E-state index in [1.165, 1.54) is 0 Å². The fraction of sp³-hybridized carbons (Fsp3) is 0.130. The number of halogens is 1. The average molecular weight is 407 g/mol. The highest BCUT2D eigenvalue weighted by atomic mass is 35.5. The van der Waals surface area contributed by atoms with Crippen molar-refractivity contribution in [3.8, 4) is 5.75 Å². The van der Waals surface area contributed by atoms with Crippen LogP contribution in [0.15, 0.2) is 83.6 Å². The summed E-state index contributed by atoms with van der Waals surface area (Å²) in [4.78, 5) is 16.5. The second kappa shape index (κ2) is 8.80. The zero-order chi connectivity index (χ0) is 20.1. The summed E-state index contributed by atoms with van der Waals surface area (Å²) < 4.78 is 13.1. The van der Waals surface area contributed by atoms with E-state index in [2.05, 4.69) is 9.56 Å². The van der Waals surface area contributed by atoms with Crippen molar-refractivity contribution in [2.45, 2.75) is 13.0 Å². The molecule has 1 aromatic heterocycles. The van der Waals surface area contributed by atoms with E-state index < -0.39 is 5.97 Å². The third kappa shape index (κ3) is 4.76. The number of aliphatic imine (C=N–C) groups is 1. The first-order valence-corrected chi connectivity index (χ1v) is 9.68.